The third kappa shape index (κ3) is 1.84. The van der Waals surface area contributed by atoms with Gasteiger partial charge in [0.2, 0.25) is 0 Å². The summed E-state index contributed by atoms with van der Waals surface area (Å²) in [5.41, 5.74) is 1.01. The van der Waals surface area contributed by atoms with Crippen LogP contribution in [0.4, 0.5) is 0 Å². The molecule has 0 saturated heterocycles. The summed E-state index contributed by atoms with van der Waals surface area (Å²) in [6.07, 6.45) is 1.99. The molecule has 0 saturated carbocycles. The Morgan fingerprint density at radius 2 is 2.31 bits per heavy atom. The SMILES string of the molecule is CCn1ncc(Cl)c1C(O)c1ccoc1Cl. The van der Waals surface area contributed by atoms with Gasteiger partial charge in [0.1, 0.15) is 6.10 Å². The summed E-state index contributed by atoms with van der Waals surface area (Å²) in [4.78, 5) is 0. The first kappa shape index (κ1) is 11.5. The van der Waals surface area contributed by atoms with Crippen molar-refractivity contribution in [2.45, 2.75) is 19.6 Å². The molecule has 6 heteroatoms. The van der Waals surface area contributed by atoms with Crippen LogP contribution in [0.2, 0.25) is 10.2 Å². The van der Waals surface area contributed by atoms with E-state index in [4.69, 9.17) is 27.6 Å². The molecule has 0 bridgehead atoms. The molecule has 2 aromatic rings. The number of hydrogen-bond acceptors (Lipinski definition) is 3. The molecule has 4 nitrogen and oxygen atoms in total. The summed E-state index contributed by atoms with van der Waals surface area (Å²) in [5.74, 6) is 0. The molecule has 0 amide bonds. The lowest BCUT2D eigenvalue weighted by atomic mass is 10.1. The fraction of sp³-hybridized carbons (Fsp3) is 0.300. The fourth-order valence-electron chi connectivity index (χ4n) is 1.54. The van der Waals surface area contributed by atoms with Crippen molar-refractivity contribution in [1.82, 2.24) is 9.78 Å². The molecular weight excluding hydrogens is 251 g/mol. The van der Waals surface area contributed by atoms with Gasteiger partial charge in [0, 0.05) is 12.1 Å². The van der Waals surface area contributed by atoms with Crippen LogP contribution in [0.25, 0.3) is 0 Å². The Hall–Kier alpha value is -0.970. The number of aromatic nitrogens is 2. The number of aliphatic hydroxyl groups excluding tert-OH is 1. The van der Waals surface area contributed by atoms with E-state index in [0.29, 0.717) is 22.8 Å². The summed E-state index contributed by atoms with van der Waals surface area (Å²) >= 11 is 11.8. The third-order valence-electron chi connectivity index (χ3n) is 2.33. The van der Waals surface area contributed by atoms with Crippen LogP contribution in [0, 0.1) is 0 Å². The normalized spacial score (nSPS) is 13.0. The zero-order chi connectivity index (χ0) is 11.7. The number of furan rings is 1. The van der Waals surface area contributed by atoms with Gasteiger partial charge < -0.3 is 9.52 Å². The molecule has 1 N–H and O–H groups in total. The quantitative estimate of drug-likeness (QED) is 0.924. The van der Waals surface area contributed by atoms with Gasteiger partial charge in [0.25, 0.3) is 0 Å². The van der Waals surface area contributed by atoms with Gasteiger partial charge >= 0.3 is 0 Å². The third-order valence-corrected chi connectivity index (χ3v) is 2.93. The molecule has 2 aromatic heterocycles. The van der Waals surface area contributed by atoms with Crippen molar-refractivity contribution >= 4 is 23.2 Å². The molecule has 0 aliphatic rings. The van der Waals surface area contributed by atoms with Crippen molar-refractivity contribution in [1.29, 1.82) is 0 Å². The fourth-order valence-corrected chi connectivity index (χ4v) is 2.00. The van der Waals surface area contributed by atoms with Gasteiger partial charge in [-0.2, -0.15) is 5.10 Å². The zero-order valence-corrected chi connectivity index (χ0v) is 10.0. The predicted octanol–water partition coefficient (Wildman–Crippen LogP) is 2.88. The minimum absolute atomic E-state index is 0.160. The van der Waals surface area contributed by atoms with Crippen LogP contribution < -0.4 is 0 Å². The first-order valence-electron chi connectivity index (χ1n) is 4.77. The Morgan fingerprint density at radius 3 is 2.88 bits per heavy atom. The first-order valence-corrected chi connectivity index (χ1v) is 5.53. The number of aryl methyl sites for hydroxylation is 1. The van der Waals surface area contributed by atoms with Crippen molar-refractivity contribution in [3.05, 3.63) is 40.0 Å². The molecule has 16 heavy (non-hydrogen) atoms. The molecule has 0 aliphatic carbocycles. The van der Waals surface area contributed by atoms with Crippen LogP contribution in [0.5, 0.6) is 0 Å². The van der Waals surface area contributed by atoms with E-state index in [9.17, 15) is 5.11 Å². The largest absolute Gasteiger partial charge is 0.453 e. The molecule has 1 unspecified atom stereocenters. The maximum Gasteiger partial charge on any atom is 0.199 e. The average molecular weight is 261 g/mol. The minimum atomic E-state index is -0.929. The Labute approximate surface area is 102 Å². The Morgan fingerprint density at radius 1 is 1.56 bits per heavy atom. The summed E-state index contributed by atoms with van der Waals surface area (Å²) in [6.45, 7) is 2.53. The summed E-state index contributed by atoms with van der Waals surface area (Å²) < 4.78 is 6.55. The molecule has 0 aliphatic heterocycles. The van der Waals surface area contributed by atoms with Crippen LogP contribution in [-0.2, 0) is 6.54 Å². The number of hydrogen-bond donors (Lipinski definition) is 1. The number of nitrogens with zero attached hydrogens (tertiary/aromatic N) is 2. The van der Waals surface area contributed by atoms with E-state index >= 15 is 0 Å². The molecule has 2 rings (SSSR count). The van der Waals surface area contributed by atoms with Crippen molar-refractivity contribution in [2.75, 3.05) is 0 Å². The highest BCUT2D eigenvalue weighted by Crippen LogP contribution is 2.32. The predicted molar refractivity (Wildman–Crippen MR) is 60.7 cm³/mol. The molecule has 0 spiro atoms. The van der Waals surface area contributed by atoms with E-state index in [2.05, 4.69) is 5.10 Å². The topological polar surface area (TPSA) is 51.2 Å². The highest BCUT2D eigenvalue weighted by molar-refractivity contribution is 6.31. The van der Waals surface area contributed by atoms with Crippen LogP contribution >= 0.6 is 23.2 Å². The van der Waals surface area contributed by atoms with Gasteiger partial charge in [-0.15, -0.1) is 0 Å². The number of rotatable bonds is 3. The highest BCUT2D eigenvalue weighted by atomic mass is 35.5. The first-order chi connectivity index (χ1) is 7.65. The standard InChI is InChI=1S/C10H10Cl2N2O2/c1-2-14-8(7(11)5-13-14)9(15)6-3-4-16-10(6)12/h3-5,9,15H,2H2,1H3. The summed E-state index contributed by atoms with van der Waals surface area (Å²) in [6, 6.07) is 1.61. The van der Waals surface area contributed by atoms with Crippen LogP contribution in [0.1, 0.15) is 24.3 Å². The van der Waals surface area contributed by atoms with E-state index in [1.54, 1.807) is 10.7 Å². The Kier molecular flexibility index (Phi) is 3.23. The van der Waals surface area contributed by atoms with E-state index in [1.165, 1.54) is 12.5 Å². The van der Waals surface area contributed by atoms with E-state index in [-0.39, 0.29) is 5.22 Å². The van der Waals surface area contributed by atoms with E-state index in [0.717, 1.165) is 0 Å². The van der Waals surface area contributed by atoms with Crippen molar-refractivity contribution in [3.8, 4) is 0 Å². The summed E-state index contributed by atoms with van der Waals surface area (Å²) in [5, 5.41) is 14.8. The van der Waals surface area contributed by atoms with Gasteiger partial charge in [0.05, 0.1) is 23.2 Å². The highest BCUT2D eigenvalue weighted by Gasteiger charge is 2.22. The smallest absolute Gasteiger partial charge is 0.199 e. The van der Waals surface area contributed by atoms with Crippen LogP contribution in [0.3, 0.4) is 0 Å². The Balaban J connectivity index is 2.44. The van der Waals surface area contributed by atoms with Crippen molar-refractivity contribution in [3.63, 3.8) is 0 Å². The molecule has 2 heterocycles. The van der Waals surface area contributed by atoms with Crippen LogP contribution in [0.15, 0.2) is 22.9 Å². The maximum atomic E-state index is 10.2. The minimum Gasteiger partial charge on any atom is -0.453 e. The second-order valence-corrected chi connectivity index (χ2v) is 4.00. The molecule has 86 valence electrons. The van der Waals surface area contributed by atoms with Gasteiger partial charge in [0.15, 0.2) is 5.22 Å². The monoisotopic (exact) mass is 260 g/mol. The molecular formula is C10H10Cl2N2O2. The van der Waals surface area contributed by atoms with Crippen molar-refractivity contribution in [2.24, 2.45) is 0 Å². The Bertz CT molecular complexity index is 493. The maximum absolute atomic E-state index is 10.2. The summed E-state index contributed by atoms with van der Waals surface area (Å²) in [7, 11) is 0. The number of aliphatic hydroxyl groups is 1. The zero-order valence-electron chi connectivity index (χ0n) is 8.52. The van der Waals surface area contributed by atoms with Gasteiger partial charge in [-0.25, -0.2) is 0 Å². The molecule has 0 radical (unpaired) electrons. The van der Waals surface area contributed by atoms with Crippen molar-refractivity contribution < 1.29 is 9.52 Å². The van der Waals surface area contributed by atoms with Gasteiger partial charge in [-0.1, -0.05) is 11.6 Å². The van der Waals surface area contributed by atoms with E-state index < -0.39 is 6.10 Å². The average Bonchev–Trinajstić information content (AvgIpc) is 2.83. The molecule has 0 fully saturated rings. The second-order valence-electron chi connectivity index (χ2n) is 3.25. The lowest BCUT2D eigenvalue weighted by molar-refractivity contribution is 0.207. The van der Waals surface area contributed by atoms with Crippen LogP contribution in [-0.4, -0.2) is 14.9 Å². The lowest BCUT2D eigenvalue weighted by Gasteiger charge is -2.11. The second kappa shape index (κ2) is 4.49. The van der Waals surface area contributed by atoms with E-state index in [1.807, 2.05) is 6.92 Å². The van der Waals surface area contributed by atoms with Gasteiger partial charge in [-0.05, 0) is 24.6 Å². The molecule has 0 aromatic carbocycles. The van der Waals surface area contributed by atoms with Gasteiger partial charge in [-0.3, -0.25) is 4.68 Å². The lowest BCUT2D eigenvalue weighted by Crippen LogP contribution is -2.09. The molecule has 1 atom stereocenters. The number of halogens is 2.